The normalized spacial score (nSPS) is 18.4. The monoisotopic (exact) mass is 407 g/mol. The molecule has 1 aliphatic heterocycles. The number of amides is 1. The number of rotatable bonds is 7. The van der Waals surface area contributed by atoms with Crippen molar-refractivity contribution in [2.24, 2.45) is 5.73 Å². The highest BCUT2D eigenvalue weighted by Crippen LogP contribution is 2.30. The van der Waals surface area contributed by atoms with E-state index in [1.54, 1.807) is 16.4 Å². The lowest BCUT2D eigenvalue weighted by Crippen LogP contribution is -2.49. The highest BCUT2D eigenvalue weighted by Gasteiger charge is 2.34. The number of hydrogen-bond acceptors (Lipinski definition) is 5. The molecule has 1 fully saturated rings. The molecule has 0 radical (unpaired) electrons. The third-order valence-electron chi connectivity index (χ3n) is 4.14. The smallest absolute Gasteiger partial charge is 0.244 e. The zero-order valence-corrected chi connectivity index (χ0v) is 16.8. The number of carbonyl (C=O) groups is 1. The van der Waals surface area contributed by atoms with E-state index in [0.717, 1.165) is 24.2 Å². The summed E-state index contributed by atoms with van der Waals surface area (Å²) in [5.74, 6) is -0.134. The Morgan fingerprint density at radius 3 is 2.76 bits per heavy atom. The van der Waals surface area contributed by atoms with Gasteiger partial charge in [0, 0.05) is 37.0 Å². The molecule has 0 aliphatic carbocycles. The van der Waals surface area contributed by atoms with Gasteiger partial charge >= 0.3 is 0 Å². The van der Waals surface area contributed by atoms with Crippen LogP contribution in [0.5, 0.6) is 0 Å². The molecule has 142 valence electrons. The second-order valence-electron chi connectivity index (χ2n) is 5.76. The van der Waals surface area contributed by atoms with Gasteiger partial charge in [-0.1, -0.05) is 18.6 Å². The minimum absolute atomic E-state index is 0. The lowest BCUT2D eigenvalue weighted by atomic mass is 10.1. The second-order valence-corrected chi connectivity index (χ2v) is 8.47. The van der Waals surface area contributed by atoms with Crippen molar-refractivity contribution in [3.63, 3.8) is 0 Å². The number of piperidine rings is 1. The molecule has 1 atom stereocenters. The van der Waals surface area contributed by atoms with Crippen molar-refractivity contribution in [2.75, 3.05) is 25.9 Å². The fourth-order valence-electron chi connectivity index (χ4n) is 2.90. The van der Waals surface area contributed by atoms with Crippen molar-refractivity contribution in [3.8, 4) is 0 Å². The van der Waals surface area contributed by atoms with Crippen molar-refractivity contribution < 1.29 is 13.2 Å². The maximum absolute atomic E-state index is 13.1. The molecule has 3 N–H and O–H groups in total. The van der Waals surface area contributed by atoms with Crippen LogP contribution in [-0.2, 0) is 14.8 Å². The van der Waals surface area contributed by atoms with Crippen molar-refractivity contribution >= 4 is 40.1 Å². The molecule has 6 nitrogen and oxygen atoms in total. The van der Waals surface area contributed by atoms with Crippen molar-refractivity contribution in [2.45, 2.75) is 41.5 Å². The largest absolute Gasteiger partial charge is 0.354 e. The first-order valence-electron chi connectivity index (χ1n) is 8.12. The molecule has 1 amide bonds. The number of nitrogens with one attached hydrogen (secondary N) is 1. The van der Waals surface area contributed by atoms with E-state index in [9.17, 15) is 13.2 Å². The molecule has 1 aromatic carbocycles. The predicted octanol–water partition coefficient (Wildman–Crippen LogP) is 1.84. The Kier molecular flexibility index (Phi) is 9.23. The van der Waals surface area contributed by atoms with Gasteiger partial charge < -0.3 is 11.1 Å². The maximum atomic E-state index is 13.1. The Hall–Kier alpha value is -0.800. The van der Waals surface area contributed by atoms with Gasteiger partial charge in [0.15, 0.2) is 0 Å². The van der Waals surface area contributed by atoms with Crippen molar-refractivity contribution in [3.05, 3.63) is 24.3 Å². The second kappa shape index (κ2) is 10.4. The summed E-state index contributed by atoms with van der Waals surface area (Å²) in [7, 11) is -3.58. The van der Waals surface area contributed by atoms with Crippen LogP contribution in [0.25, 0.3) is 0 Å². The van der Waals surface area contributed by atoms with Crippen LogP contribution in [0, 0.1) is 0 Å². The zero-order valence-electron chi connectivity index (χ0n) is 14.3. The highest BCUT2D eigenvalue weighted by atomic mass is 35.5. The standard InChI is InChI=1S/C16H25N3O3S2.ClH/c1-23-14-7-2-3-8-15(14)24(21,22)19-11-5-4-6-13(19)12-18-16(20)9-10-17;/h2-3,7-8,13H,4-6,9-12,17H2,1H3,(H,18,20);1H. The summed E-state index contributed by atoms with van der Waals surface area (Å²) < 4.78 is 27.8. The van der Waals surface area contributed by atoms with Crippen LogP contribution in [0.4, 0.5) is 0 Å². The van der Waals surface area contributed by atoms with Gasteiger partial charge in [-0.25, -0.2) is 8.42 Å². The average molecular weight is 408 g/mol. The van der Waals surface area contributed by atoms with Crippen molar-refractivity contribution in [1.29, 1.82) is 0 Å². The summed E-state index contributed by atoms with van der Waals surface area (Å²) in [6.45, 7) is 1.11. The summed E-state index contributed by atoms with van der Waals surface area (Å²) >= 11 is 1.42. The highest BCUT2D eigenvalue weighted by molar-refractivity contribution is 7.99. The van der Waals surface area contributed by atoms with E-state index in [2.05, 4.69) is 5.32 Å². The molecule has 1 heterocycles. The molecular weight excluding hydrogens is 382 g/mol. The van der Waals surface area contributed by atoms with Gasteiger partial charge in [0.1, 0.15) is 0 Å². The van der Waals surface area contributed by atoms with Crippen LogP contribution in [0.2, 0.25) is 0 Å². The summed E-state index contributed by atoms with van der Waals surface area (Å²) in [6.07, 6.45) is 4.69. The van der Waals surface area contributed by atoms with Gasteiger partial charge in [-0.15, -0.1) is 24.2 Å². The molecule has 0 bridgehead atoms. The summed E-state index contributed by atoms with van der Waals surface area (Å²) in [6, 6.07) is 6.85. The van der Waals surface area contributed by atoms with Crippen LogP contribution in [0.15, 0.2) is 34.1 Å². The number of sulfonamides is 1. The van der Waals surface area contributed by atoms with E-state index in [1.165, 1.54) is 11.8 Å². The van der Waals surface area contributed by atoms with E-state index < -0.39 is 10.0 Å². The Balaban J connectivity index is 0.00000312. The topological polar surface area (TPSA) is 92.5 Å². The molecule has 0 saturated carbocycles. The van der Waals surface area contributed by atoms with Crippen LogP contribution < -0.4 is 11.1 Å². The van der Waals surface area contributed by atoms with E-state index in [4.69, 9.17) is 5.73 Å². The van der Waals surface area contributed by atoms with E-state index >= 15 is 0 Å². The first-order valence-corrected chi connectivity index (χ1v) is 10.8. The minimum Gasteiger partial charge on any atom is -0.354 e. The molecule has 1 saturated heterocycles. The molecular formula is C16H26ClN3O3S2. The molecule has 2 rings (SSSR count). The number of halogens is 1. The molecule has 9 heteroatoms. The number of nitrogens with zero attached hydrogens (tertiary/aromatic N) is 1. The third-order valence-corrected chi connectivity index (χ3v) is 7.07. The van der Waals surface area contributed by atoms with Gasteiger partial charge in [0.05, 0.1) is 4.90 Å². The van der Waals surface area contributed by atoms with Gasteiger partial charge in [-0.3, -0.25) is 4.79 Å². The molecule has 0 spiro atoms. The Morgan fingerprint density at radius 2 is 2.08 bits per heavy atom. The lowest BCUT2D eigenvalue weighted by Gasteiger charge is -2.35. The van der Waals surface area contributed by atoms with E-state index in [-0.39, 0.29) is 30.8 Å². The summed E-state index contributed by atoms with van der Waals surface area (Å²) in [4.78, 5) is 12.7. The quantitative estimate of drug-likeness (QED) is 0.673. The van der Waals surface area contributed by atoms with Gasteiger partial charge in [0.2, 0.25) is 15.9 Å². The Labute approximate surface area is 160 Å². The van der Waals surface area contributed by atoms with Crippen LogP contribution >= 0.6 is 24.2 Å². The first-order chi connectivity index (χ1) is 11.5. The summed E-state index contributed by atoms with van der Waals surface area (Å²) in [5, 5.41) is 2.81. The Bertz CT molecular complexity index is 670. The number of nitrogens with two attached hydrogens (primary N) is 1. The number of benzene rings is 1. The fraction of sp³-hybridized carbons (Fsp3) is 0.562. The van der Waals surface area contributed by atoms with Crippen LogP contribution in [0.1, 0.15) is 25.7 Å². The number of hydrogen-bond donors (Lipinski definition) is 2. The van der Waals surface area contributed by atoms with E-state index in [1.807, 2.05) is 18.4 Å². The SMILES string of the molecule is CSc1ccccc1S(=O)(=O)N1CCCCC1CNC(=O)CCN.Cl. The maximum Gasteiger partial charge on any atom is 0.244 e. The van der Waals surface area contributed by atoms with Crippen molar-refractivity contribution in [1.82, 2.24) is 9.62 Å². The third kappa shape index (κ3) is 5.59. The number of carbonyl (C=O) groups excluding carboxylic acids is 1. The summed E-state index contributed by atoms with van der Waals surface area (Å²) in [5.41, 5.74) is 5.37. The number of thioether (sulfide) groups is 1. The van der Waals surface area contributed by atoms with Gasteiger partial charge in [-0.2, -0.15) is 4.31 Å². The van der Waals surface area contributed by atoms with Gasteiger partial charge in [-0.05, 0) is 31.2 Å². The lowest BCUT2D eigenvalue weighted by molar-refractivity contribution is -0.121. The predicted molar refractivity (Wildman–Crippen MR) is 104 cm³/mol. The minimum atomic E-state index is -3.58. The van der Waals surface area contributed by atoms with E-state index in [0.29, 0.717) is 24.5 Å². The zero-order chi connectivity index (χ0) is 17.6. The first kappa shape index (κ1) is 22.2. The molecule has 25 heavy (non-hydrogen) atoms. The Morgan fingerprint density at radius 1 is 1.36 bits per heavy atom. The fourth-order valence-corrected chi connectivity index (χ4v) is 5.72. The van der Waals surface area contributed by atoms with Crippen LogP contribution in [-0.4, -0.2) is 50.6 Å². The average Bonchev–Trinajstić information content (AvgIpc) is 2.60. The van der Waals surface area contributed by atoms with Crippen LogP contribution in [0.3, 0.4) is 0 Å². The molecule has 0 aromatic heterocycles. The molecule has 1 unspecified atom stereocenters. The molecule has 1 aromatic rings. The van der Waals surface area contributed by atoms with Gasteiger partial charge in [0.25, 0.3) is 0 Å². The molecule has 1 aliphatic rings.